The van der Waals surface area contributed by atoms with Gasteiger partial charge in [-0.3, -0.25) is 4.79 Å². The van der Waals surface area contributed by atoms with E-state index in [0.29, 0.717) is 41.9 Å². The number of rotatable bonds is 8. The Morgan fingerprint density at radius 3 is 2.55 bits per heavy atom. The van der Waals surface area contributed by atoms with Crippen molar-refractivity contribution in [1.29, 1.82) is 0 Å². The highest BCUT2D eigenvalue weighted by Crippen LogP contribution is 2.47. The number of terminal acetylenes is 1. The summed E-state index contributed by atoms with van der Waals surface area (Å²) in [5.74, 6) is 1.06. The van der Waals surface area contributed by atoms with Crippen molar-refractivity contribution in [1.82, 2.24) is 20.2 Å². The molecule has 4 fully saturated rings. The third kappa shape index (κ3) is 5.91. The average molecular weight is 668 g/mol. The van der Waals surface area contributed by atoms with Gasteiger partial charge in [0.05, 0.1) is 25.2 Å². The van der Waals surface area contributed by atoms with E-state index in [2.05, 4.69) is 26.0 Å². The van der Waals surface area contributed by atoms with Gasteiger partial charge in [-0.2, -0.15) is 9.97 Å². The molecule has 2 atom stereocenters. The molecule has 2 bridgehead atoms. The van der Waals surface area contributed by atoms with Crippen LogP contribution in [-0.2, 0) is 9.53 Å². The van der Waals surface area contributed by atoms with E-state index in [1.165, 1.54) is 25.3 Å². The quantitative estimate of drug-likeness (QED) is 0.189. The largest absolute Gasteiger partial charge is 0.508 e. The number of methoxy groups -OCH3 is 1. The number of carbonyl (C=O) groups excluding carboxylic acids is 1. The topological polar surface area (TPSA) is 100 Å². The van der Waals surface area contributed by atoms with Gasteiger partial charge in [-0.25, -0.2) is 8.78 Å². The minimum absolute atomic E-state index is 0.0468. The molecular formula is C38H39F2N5O4. The zero-order chi connectivity index (χ0) is 33.9. The van der Waals surface area contributed by atoms with E-state index < -0.39 is 11.6 Å². The molecule has 1 aliphatic carbocycles. The lowest BCUT2D eigenvalue weighted by Gasteiger charge is -2.34. The molecular weight excluding hydrogens is 628 g/mol. The summed E-state index contributed by atoms with van der Waals surface area (Å²) in [5.41, 5.74) is 0.159. The molecule has 1 aromatic heterocycles. The normalized spacial score (nSPS) is 22.0. The summed E-state index contributed by atoms with van der Waals surface area (Å²) < 4.78 is 44.5. The van der Waals surface area contributed by atoms with Crippen molar-refractivity contribution in [2.45, 2.75) is 50.6 Å². The van der Waals surface area contributed by atoms with E-state index in [4.69, 9.17) is 20.9 Å². The van der Waals surface area contributed by atoms with Gasteiger partial charge in [0.1, 0.15) is 22.9 Å². The molecule has 254 valence electrons. The number of phenols is 1. The lowest BCUT2D eigenvalue weighted by atomic mass is 9.93. The van der Waals surface area contributed by atoms with Crippen LogP contribution in [0, 0.1) is 35.3 Å². The highest BCUT2D eigenvalue weighted by atomic mass is 19.1. The van der Waals surface area contributed by atoms with Crippen LogP contribution in [0.1, 0.15) is 44.1 Å². The summed E-state index contributed by atoms with van der Waals surface area (Å²) in [4.78, 5) is 25.9. The second-order valence-corrected chi connectivity index (χ2v) is 14.2. The van der Waals surface area contributed by atoms with Crippen LogP contribution in [0.4, 0.5) is 14.6 Å². The lowest BCUT2D eigenvalue weighted by Crippen LogP contribution is -2.51. The van der Waals surface area contributed by atoms with Gasteiger partial charge in [0.15, 0.2) is 5.82 Å². The Kier molecular flexibility index (Phi) is 8.04. The zero-order valence-electron chi connectivity index (χ0n) is 27.5. The van der Waals surface area contributed by atoms with Gasteiger partial charge >= 0.3 is 12.0 Å². The number of esters is 1. The fourth-order valence-corrected chi connectivity index (χ4v) is 8.12. The fourth-order valence-electron chi connectivity index (χ4n) is 8.12. The predicted octanol–water partition coefficient (Wildman–Crippen LogP) is 5.40. The maximum absolute atomic E-state index is 16.9. The maximum atomic E-state index is 16.9. The molecule has 3 aliphatic heterocycles. The summed E-state index contributed by atoms with van der Waals surface area (Å²) in [6, 6.07) is 9.94. The first-order valence-corrected chi connectivity index (χ1v) is 17.1. The zero-order valence-corrected chi connectivity index (χ0v) is 27.5. The molecule has 9 nitrogen and oxygen atoms in total. The Balaban J connectivity index is 1.16. The number of phenolic OH excluding ortho intramolecular Hbond substituents is 1. The standard InChI is InChI=1S/C38H39F2N5O4/c1-3-22-5-4-6-24-15-27(46)16-28(31(22)24)32-30(39)17-29-34(33(32)40)42-37(43-35(29)45-18-25-7-8-26(19-45)41-25)49-21-38(11-12-38)20-44-13-9-23(10-14-44)36(47)48-2/h1,4-6,15-17,23,25-26,41,46H,7-14,18-21H2,2H3. The Bertz CT molecular complexity index is 1990. The number of aromatic nitrogens is 2. The fraction of sp³-hybridized carbons (Fsp3) is 0.447. The molecule has 4 aromatic rings. The molecule has 1 saturated carbocycles. The van der Waals surface area contributed by atoms with Crippen LogP contribution >= 0.6 is 0 Å². The Morgan fingerprint density at radius 1 is 1.10 bits per heavy atom. The van der Waals surface area contributed by atoms with Crippen LogP contribution in [0.15, 0.2) is 36.4 Å². The van der Waals surface area contributed by atoms with Crippen LogP contribution in [-0.4, -0.2) is 84.5 Å². The molecule has 4 heterocycles. The van der Waals surface area contributed by atoms with Crippen molar-refractivity contribution in [2.75, 3.05) is 51.3 Å². The third-order valence-corrected chi connectivity index (χ3v) is 10.9. The number of piperazine rings is 1. The Hall–Kier alpha value is -4.53. The molecule has 3 aromatic carbocycles. The molecule has 4 aliphatic rings. The highest BCUT2D eigenvalue weighted by Gasteiger charge is 2.46. The number of fused-ring (bicyclic) bond motifs is 4. The van der Waals surface area contributed by atoms with Crippen molar-refractivity contribution in [2.24, 2.45) is 11.3 Å². The summed E-state index contributed by atoms with van der Waals surface area (Å²) in [7, 11) is 1.44. The molecule has 0 spiro atoms. The number of aromatic hydroxyl groups is 1. The molecule has 2 unspecified atom stereocenters. The number of ether oxygens (including phenoxy) is 2. The number of carbonyl (C=O) groups is 1. The molecule has 0 amide bonds. The smallest absolute Gasteiger partial charge is 0.319 e. The van der Waals surface area contributed by atoms with Crippen molar-refractivity contribution in [3.05, 3.63) is 53.6 Å². The maximum Gasteiger partial charge on any atom is 0.319 e. The van der Waals surface area contributed by atoms with Crippen molar-refractivity contribution in [3.63, 3.8) is 0 Å². The molecule has 8 rings (SSSR count). The number of benzene rings is 3. The monoisotopic (exact) mass is 667 g/mol. The Labute approximate surface area is 283 Å². The van der Waals surface area contributed by atoms with Crippen LogP contribution in [0.3, 0.4) is 0 Å². The van der Waals surface area contributed by atoms with E-state index in [9.17, 15) is 9.90 Å². The van der Waals surface area contributed by atoms with E-state index in [0.717, 1.165) is 58.2 Å². The minimum Gasteiger partial charge on any atom is -0.508 e. The number of piperidine rings is 1. The van der Waals surface area contributed by atoms with E-state index in [1.807, 2.05) is 0 Å². The van der Waals surface area contributed by atoms with Crippen LogP contribution < -0.4 is 15.0 Å². The third-order valence-electron chi connectivity index (χ3n) is 10.9. The second kappa shape index (κ2) is 12.4. The van der Waals surface area contributed by atoms with Crippen LogP contribution in [0.2, 0.25) is 0 Å². The number of nitrogens with zero attached hydrogens (tertiary/aromatic N) is 4. The number of likely N-dealkylation sites (tertiary alicyclic amines) is 1. The van der Waals surface area contributed by atoms with Crippen LogP contribution in [0.5, 0.6) is 11.8 Å². The van der Waals surface area contributed by atoms with Crippen molar-refractivity contribution < 1.29 is 28.2 Å². The van der Waals surface area contributed by atoms with E-state index in [-0.39, 0.29) is 63.2 Å². The van der Waals surface area contributed by atoms with Gasteiger partial charge in [-0.1, -0.05) is 18.1 Å². The van der Waals surface area contributed by atoms with Gasteiger partial charge in [0.2, 0.25) is 0 Å². The second-order valence-electron chi connectivity index (χ2n) is 14.2. The molecule has 0 radical (unpaired) electrons. The number of hydrogen-bond donors (Lipinski definition) is 2. The summed E-state index contributed by atoms with van der Waals surface area (Å²) in [5, 5.41) is 15.5. The van der Waals surface area contributed by atoms with Gasteiger partial charge < -0.3 is 29.7 Å². The van der Waals surface area contributed by atoms with E-state index >= 15 is 8.78 Å². The van der Waals surface area contributed by atoms with Gasteiger partial charge in [-0.05, 0) is 81.3 Å². The summed E-state index contributed by atoms with van der Waals surface area (Å²) in [6.45, 7) is 4.12. The molecule has 11 heteroatoms. The van der Waals surface area contributed by atoms with Gasteiger partial charge in [0, 0.05) is 59.0 Å². The highest BCUT2D eigenvalue weighted by molar-refractivity contribution is 6.04. The molecule has 2 N–H and O–H groups in total. The molecule has 49 heavy (non-hydrogen) atoms. The van der Waals surface area contributed by atoms with Crippen LogP contribution in [0.25, 0.3) is 32.8 Å². The van der Waals surface area contributed by atoms with Gasteiger partial charge in [-0.15, -0.1) is 6.42 Å². The number of nitrogens with one attached hydrogen (secondary N) is 1. The number of halogens is 2. The Morgan fingerprint density at radius 2 is 1.86 bits per heavy atom. The van der Waals surface area contributed by atoms with Gasteiger partial charge in [0.25, 0.3) is 0 Å². The predicted molar refractivity (Wildman–Crippen MR) is 182 cm³/mol. The van der Waals surface area contributed by atoms with E-state index in [1.54, 1.807) is 18.2 Å². The lowest BCUT2D eigenvalue weighted by molar-refractivity contribution is -0.147. The van der Waals surface area contributed by atoms with Crippen molar-refractivity contribution in [3.8, 4) is 35.2 Å². The number of hydrogen-bond acceptors (Lipinski definition) is 9. The summed E-state index contributed by atoms with van der Waals surface area (Å²) >= 11 is 0. The first kappa shape index (κ1) is 31.7. The first-order valence-electron chi connectivity index (χ1n) is 17.1. The van der Waals surface area contributed by atoms with Crippen molar-refractivity contribution >= 4 is 33.5 Å². The molecule has 3 saturated heterocycles. The number of anilines is 1. The first-order chi connectivity index (χ1) is 23.7. The minimum atomic E-state index is -0.866. The average Bonchev–Trinajstić information content (AvgIpc) is 3.79. The summed E-state index contributed by atoms with van der Waals surface area (Å²) in [6.07, 6.45) is 11.4. The SMILES string of the molecule is C#Cc1cccc2cc(O)cc(-c3c(F)cc4c(N5CC6CCC(C5)N6)nc(OCC5(CN6CCC(C(=O)OC)CC6)CC5)nc4c3F)c12.